The number of para-hydroxylation sites is 2. The van der Waals surface area contributed by atoms with Crippen LogP contribution < -0.4 is 20.3 Å². The third-order valence-corrected chi connectivity index (χ3v) is 5.29. The number of anilines is 2. The highest BCUT2D eigenvalue weighted by Crippen LogP contribution is 2.25. The summed E-state index contributed by atoms with van der Waals surface area (Å²) in [6.07, 6.45) is 4.25. The molecule has 0 bridgehead atoms. The molecule has 0 fully saturated rings. The summed E-state index contributed by atoms with van der Waals surface area (Å²) in [6, 6.07) is 26.1. The highest BCUT2D eigenvalue weighted by atomic mass is 16.5. The first-order chi connectivity index (χ1) is 16.7. The second kappa shape index (κ2) is 13.7. The van der Waals surface area contributed by atoms with E-state index in [0.29, 0.717) is 31.7 Å². The van der Waals surface area contributed by atoms with Crippen LogP contribution in [0.15, 0.2) is 84.9 Å². The fraction of sp³-hybridized carbons (Fsp3) is 0.286. The maximum absolute atomic E-state index is 13.1. The number of hydrogen-bond acceptors (Lipinski definition) is 3. The Morgan fingerprint density at radius 1 is 0.794 bits per heavy atom. The second-order valence-corrected chi connectivity index (χ2v) is 8.02. The summed E-state index contributed by atoms with van der Waals surface area (Å²) in [5, 5.41) is 5.90. The van der Waals surface area contributed by atoms with Crippen LogP contribution in [0.25, 0.3) is 0 Å². The molecule has 6 heteroatoms. The quantitative estimate of drug-likeness (QED) is 0.300. The molecule has 0 saturated carbocycles. The average molecular weight is 460 g/mol. The van der Waals surface area contributed by atoms with Gasteiger partial charge in [-0.25, -0.2) is 4.79 Å². The van der Waals surface area contributed by atoms with E-state index in [2.05, 4.69) is 17.6 Å². The van der Waals surface area contributed by atoms with Gasteiger partial charge in [0.15, 0.2) is 0 Å². The van der Waals surface area contributed by atoms with Crippen molar-refractivity contribution >= 4 is 23.3 Å². The van der Waals surface area contributed by atoms with Crippen LogP contribution in [0.5, 0.6) is 11.5 Å². The Kier molecular flexibility index (Phi) is 9.99. The lowest BCUT2D eigenvalue weighted by molar-refractivity contribution is -0.121. The van der Waals surface area contributed by atoms with Crippen LogP contribution in [-0.2, 0) is 4.79 Å². The van der Waals surface area contributed by atoms with Crippen molar-refractivity contribution in [3.63, 3.8) is 0 Å². The van der Waals surface area contributed by atoms with Gasteiger partial charge in [0.25, 0.3) is 0 Å². The zero-order chi connectivity index (χ0) is 24.0. The Bertz CT molecular complexity index is 1010. The first kappa shape index (κ1) is 24.8. The van der Waals surface area contributed by atoms with Crippen molar-refractivity contribution in [3.05, 3.63) is 84.9 Å². The molecule has 0 unspecified atom stereocenters. The topological polar surface area (TPSA) is 70.7 Å². The summed E-state index contributed by atoms with van der Waals surface area (Å²) in [4.78, 5) is 26.7. The van der Waals surface area contributed by atoms with E-state index in [4.69, 9.17) is 4.74 Å². The number of nitrogens with zero attached hydrogens (tertiary/aromatic N) is 1. The Morgan fingerprint density at radius 3 is 2.12 bits per heavy atom. The van der Waals surface area contributed by atoms with Gasteiger partial charge in [0, 0.05) is 30.9 Å². The van der Waals surface area contributed by atoms with Crippen molar-refractivity contribution in [2.24, 2.45) is 0 Å². The molecular weight excluding hydrogens is 426 g/mol. The molecule has 2 N–H and O–H groups in total. The van der Waals surface area contributed by atoms with Gasteiger partial charge in [-0.2, -0.15) is 0 Å². The SMILES string of the molecule is CCCCCC(=O)NCCCN(C(=O)Nc1ccccc1)c1ccc(Oc2ccccc2)cc1. The van der Waals surface area contributed by atoms with E-state index < -0.39 is 0 Å². The molecular formula is C28H33N3O3. The number of carbonyl (C=O) groups is 2. The van der Waals surface area contributed by atoms with Crippen LogP contribution in [0, 0.1) is 0 Å². The number of carbonyl (C=O) groups excluding carboxylic acids is 2. The molecule has 0 heterocycles. The molecule has 3 amide bonds. The largest absolute Gasteiger partial charge is 0.457 e. The molecule has 0 aliphatic heterocycles. The van der Waals surface area contributed by atoms with Crippen LogP contribution in [0.4, 0.5) is 16.2 Å². The van der Waals surface area contributed by atoms with E-state index in [1.807, 2.05) is 84.9 Å². The summed E-state index contributed by atoms with van der Waals surface area (Å²) in [6.45, 7) is 3.11. The molecule has 34 heavy (non-hydrogen) atoms. The van der Waals surface area contributed by atoms with Gasteiger partial charge in [0.05, 0.1) is 0 Å². The molecule has 3 aromatic carbocycles. The fourth-order valence-electron chi connectivity index (χ4n) is 3.47. The van der Waals surface area contributed by atoms with Crippen molar-refractivity contribution in [2.45, 2.75) is 39.0 Å². The molecule has 0 aliphatic rings. The third-order valence-electron chi connectivity index (χ3n) is 5.29. The molecule has 0 atom stereocenters. The Morgan fingerprint density at radius 2 is 1.44 bits per heavy atom. The average Bonchev–Trinajstić information content (AvgIpc) is 2.86. The Balaban J connectivity index is 1.62. The van der Waals surface area contributed by atoms with Gasteiger partial charge >= 0.3 is 6.03 Å². The minimum absolute atomic E-state index is 0.0659. The summed E-state index contributed by atoms with van der Waals surface area (Å²) in [5.74, 6) is 1.51. The van der Waals surface area contributed by atoms with Gasteiger partial charge in [-0.3, -0.25) is 9.69 Å². The molecule has 0 radical (unpaired) electrons. The van der Waals surface area contributed by atoms with Crippen molar-refractivity contribution in [3.8, 4) is 11.5 Å². The number of benzene rings is 3. The van der Waals surface area contributed by atoms with Gasteiger partial charge in [-0.15, -0.1) is 0 Å². The fourth-order valence-corrected chi connectivity index (χ4v) is 3.47. The number of rotatable bonds is 12. The number of ether oxygens (including phenoxy) is 1. The van der Waals surface area contributed by atoms with Crippen LogP contribution in [0.2, 0.25) is 0 Å². The molecule has 3 aromatic rings. The maximum Gasteiger partial charge on any atom is 0.326 e. The van der Waals surface area contributed by atoms with Crippen LogP contribution in [-0.4, -0.2) is 25.0 Å². The van der Waals surface area contributed by atoms with Gasteiger partial charge < -0.3 is 15.4 Å². The van der Waals surface area contributed by atoms with Crippen LogP contribution >= 0.6 is 0 Å². The molecule has 0 saturated heterocycles. The summed E-state index contributed by atoms with van der Waals surface area (Å²) in [7, 11) is 0. The number of unbranched alkanes of at least 4 members (excludes halogenated alkanes) is 2. The Hall–Kier alpha value is -3.80. The molecule has 0 aliphatic carbocycles. The lowest BCUT2D eigenvalue weighted by Crippen LogP contribution is -2.37. The third kappa shape index (κ3) is 8.28. The predicted octanol–water partition coefficient (Wildman–Crippen LogP) is 6.60. The smallest absolute Gasteiger partial charge is 0.326 e. The van der Waals surface area contributed by atoms with Crippen molar-refractivity contribution in [1.29, 1.82) is 0 Å². The summed E-state index contributed by atoms with van der Waals surface area (Å²) < 4.78 is 5.87. The lowest BCUT2D eigenvalue weighted by Gasteiger charge is -2.24. The highest BCUT2D eigenvalue weighted by Gasteiger charge is 2.16. The minimum Gasteiger partial charge on any atom is -0.457 e. The van der Waals surface area contributed by atoms with E-state index in [0.717, 1.165) is 36.4 Å². The lowest BCUT2D eigenvalue weighted by atomic mass is 10.2. The standard InChI is InChI=1S/C28H33N3O3/c1-2-3-6-16-27(32)29-21-11-22-31(28(33)30-23-12-7-4-8-13-23)24-17-19-26(20-18-24)34-25-14-9-5-10-15-25/h4-5,7-10,12-15,17-20H,2-3,6,11,16,21-22H2,1H3,(H,29,32)(H,30,33). The number of nitrogens with one attached hydrogen (secondary N) is 2. The van der Waals surface area contributed by atoms with Gasteiger partial charge in [0.1, 0.15) is 11.5 Å². The normalized spacial score (nSPS) is 10.4. The minimum atomic E-state index is -0.225. The highest BCUT2D eigenvalue weighted by molar-refractivity contribution is 6.01. The molecule has 3 rings (SSSR count). The van der Waals surface area contributed by atoms with Crippen molar-refractivity contribution in [2.75, 3.05) is 23.3 Å². The number of amides is 3. The molecule has 178 valence electrons. The zero-order valence-electron chi connectivity index (χ0n) is 19.7. The number of hydrogen-bond donors (Lipinski definition) is 2. The van der Waals surface area contributed by atoms with Crippen LogP contribution in [0.1, 0.15) is 39.0 Å². The maximum atomic E-state index is 13.1. The van der Waals surface area contributed by atoms with Crippen LogP contribution in [0.3, 0.4) is 0 Å². The molecule has 0 spiro atoms. The predicted molar refractivity (Wildman–Crippen MR) is 138 cm³/mol. The second-order valence-electron chi connectivity index (χ2n) is 8.02. The van der Waals surface area contributed by atoms with E-state index in [1.165, 1.54) is 0 Å². The molecule has 0 aromatic heterocycles. The van der Waals surface area contributed by atoms with E-state index in [9.17, 15) is 9.59 Å². The van der Waals surface area contributed by atoms with Gasteiger partial charge in [-0.05, 0) is 61.4 Å². The van der Waals surface area contributed by atoms with E-state index in [1.54, 1.807) is 4.90 Å². The summed E-state index contributed by atoms with van der Waals surface area (Å²) >= 11 is 0. The first-order valence-electron chi connectivity index (χ1n) is 11.9. The van der Waals surface area contributed by atoms with Gasteiger partial charge in [-0.1, -0.05) is 56.2 Å². The monoisotopic (exact) mass is 459 g/mol. The Labute approximate surface area is 201 Å². The number of urea groups is 1. The van der Waals surface area contributed by atoms with E-state index >= 15 is 0 Å². The summed E-state index contributed by atoms with van der Waals surface area (Å²) in [5.41, 5.74) is 1.48. The van der Waals surface area contributed by atoms with Crippen molar-refractivity contribution < 1.29 is 14.3 Å². The van der Waals surface area contributed by atoms with E-state index in [-0.39, 0.29) is 11.9 Å². The zero-order valence-corrected chi connectivity index (χ0v) is 19.7. The van der Waals surface area contributed by atoms with Gasteiger partial charge in [0.2, 0.25) is 5.91 Å². The van der Waals surface area contributed by atoms with Crippen molar-refractivity contribution in [1.82, 2.24) is 5.32 Å². The molecule has 6 nitrogen and oxygen atoms in total. The first-order valence-corrected chi connectivity index (χ1v) is 11.9.